The number of carboxylic acids is 1. The summed E-state index contributed by atoms with van der Waals surface area (Å²) in [4.78, 5) is 46.0. The number of hydrogen-bond acceptors (Lipinski definition) is 9. The summed E-state index contributed by atoms with van der Waals surface area (Å²) in [5.41, 5.74) is 5.34. The standard InChI is InChI=1S/C48H84NO10P/c1-3-5-7-9-11-13-15-17-19-21-22-24-25-27-29-31-33-35-37-39-46(50)56-41-44(42-57-60(54,55)58-43-45(49)48(52)53)59-47(51)40-38-36-34-32-30-28-26-23-20-18-16-14-12-10-8-6-4-2/h8,10,14,16-17,19-20,23,28,30,44-45H,3-7,9,11-13,15,18,21-22,24-27,29,31-43,49H2,1-2H3,(H,52,53)(H,54,55)/b10-8+,16-14+,19-17+,23-20+,30-28+/t44-,45+/m1/s1. The topological polar surface area (TPSA) is 172 Å². The average molecular weight is 866 g/mol. The Morgan fingerprint density at radius 2 is 0.917 bits per heavy atom. The molecule has 0 aliphatic carbocycles. The van der Waals surface area contributed by atoms with E-state index in [4.69, 9.17) is 24.8 Å². The number of phosphoric acid groups is 1. The van der Waals surface area contributed by atoms with Crippen molar-refractivity contribution in [1.29, 1.82) is 0 Å². The maximum absolute atomic E-state index is 12.6. The van der Waals surface area contributed by atoms with Gasteiger partial charge in [0.2, 0.25) is 0 Å². The SMILES string of the molecule is CCC/C=C/C/C=C/C/C=C/C/C=C/CCCCCC(=O)O[C@H](COC(=O)CCCCCCCCCCC/C=C/CCCCCCCC)COP(=O)(O)OC[C@H](N)C(=O)O. The zero-order valence-electron chi connectivity index (χ0n) is 37.5. The summed E-state index contributed by atoms with van der Waals surface area (Å²) < 4.78 is 32.7. The highest BCUT2D eigenvalue weighted by atomic mass is 31.2. The van der Waals surface area contributed by atoms with Crippen LogP contribution in [0, 0.1) is 0 Å². The molecule has 0 saturated carbocycles. The van der Waals surface area contributed by atoms with Gasteiger partial charge >= 0.3 is 25.7 Å². The van der Waals surface area contributed by atoms with Crippen LogP contribution in [0.25, 0.3) is 0 Å². The monoisotopic (exact) mass is 866 g/mol. The van der Waals surface area contributed by atoms with Crippen LogP contribution in [-0.4, -0.2) is 59.9 Å². The van der Waals surface area contributed by atoms with Gasteiger partial charge in [0.25, 0.3) is 0 Å². The van der Waals surface area contributed by atoms with E-state index in [1.807, 2.05) is 0 Å². The highest BCUT2D eigenvalue weighted by molar-refractivity contribution is 7.47. The minimum Gasteiger partial charge on any atom is -0.480 e. The van der Waals surface area contributed by atoms with Crippen molar-refractivity contribution in [3.05, 3.63) is 60.8 Å². The van der Waals surface area contributed by atoms with E-state index in [0.29, 0.717) is 12.8 Å². The Balaban J connectivity index is 4.37. The largest absolute Gasteiger partial charge is 0.480 e. The number of nitrogens with two attached hydrogens (primary N) is 1. The van der Waals surface area contributed by atoms with Crippen LogP contribution < -0.4 is 5.73 Å². The van der Waals surface area contributed by atoms with Crippen molar-refractivity contribution in [2.24, 2.45) is 5.73 Å². The zero-order chi connectivity index (χ0) is 44.2. The van der Waals surface area contributed by atoms with Crippen molar-refractivity contribution >= 4 is 25.7 Å². The van der Waals surface area contributed by atoms with Gasteiger partial charge in [-0.2, -0.15) is 0 Å². The van der Waals surface area contributed by atoms with E-state index in [2.05, 4.69) is 79.1 Å². The first kappa shape index (κ1) is 57.2. The van der Waals surface area contributed by atoms with E-state index >= 15 is 0 Å². The third-order valence-electron chi connectivity index (χ3n) is 9.72. The fourth-order valence-corrected chi connectivity index (χ4v) is 6.83. The molecule has 3 atom stereocenters. The molecular weight excluding hydrogens is 781 g/mol. The number of phosphoric ester groups is 1. The first-order valence-corrected chi connectivity index (χ1v) is 24.8. The molecule has 0 amide bonds. The molecule has 346 valence electrons. The normalized spacial score (nSPS) is 14.2. The van der Waals surface area contributed by atoms with Gasteiger partial charge in [-0.25, -0.2) is 4.57 Å². The van der Waals surface area contributed by atoms with Gasteiger partial charge in [0.15, 0.2) is 6.10 Å². The molecule has 1 unspecified atom stereocenters. The summed E-state index contributed by atoms with van der Waals surface area (Å²) in [6, 6.07) is -1.53. The minimum atomic E-state index is -4.73. The van der Waals surface area contributed by atoms with Crippen LogP contribution in [0.2, 0.25) is 0 Å². The summed E-state index contributed by atoms with van der Waals surface area (Å²) in [5, 5.41) is 8.90. The number of esters is 2. The lowest BCUT2D eigenvalue weighted by atomic mass is 10.1. The van der Waals surface area contributed by atoms with Crippen molar-refractivity contribution in [1.82, 2.24) is 0 Å². The Hall–Kier alpha value is -2.82. The molecular formula is C48H84NO10P. The Bertz CT molecular complexity index is 1250. The Labute approximate surface area is 364 Å². The van der Waals surface area contributed by atoms with Gasteiger partial charge in [0, 0.05) is 12.8 Å². The Kier molecular flexibility index (Phi) is 40.8. The lowest BCUT2D eigenvalue weighted by Gasteiger charge is -2.20. The molecule has 0 bridgehead atoms. The second-order valence-electron chi connectivity index (χ2n) is 15.5. The molecule has 0 saturated heterocycles. The Morgan fingerprint density at radius 1 is 0.517 bits per heavy atom. The van der Waals surface area contributed by atoms with Crippen molar-refractivity contribution in [2.75, 3.05) is 19.8 Å². The number of aliphatic carboxylic acids is 1. The summed E-state index contributed by atoms with van der Waals surface area (Å²) in [7, 11) is -4.73. The van der Waals surface area contributed by atoms with Crippen LogP contribution in [0.3, 0.4) is 0 Å². The van der Waals surface area contributed by atoms with Crippen molar-refractivity contribution < 1.29 is 47.5 Å². The number of carbonyl (C=O) groups excluding carboxylic acids is 2. The van der Waals surface area contributed by atoms with E-state index in [9.17, 15) is 23.8 Å². The van der Waals surface area contributed by atoms with E-state index in [0.717, 1.165) is 64.2 Å². The number of hydrogen-bond donors (Lipinski definition) is 3. The van der Waals surface area contributed by atoms with Gasteiger partial charge in [-0.05, 0) is 77.0 Å². The van der Waals surface area contributed by atoms with Gasteiger partial charge in [-0.1, -0.05) is 164 Å². The fourth-order valence-electron chi connectivity index (χ4n) is 6.05. The van der Waals surface area contributed by atoms with Crippen molar-refractivity contribution in [3.8, 4) is 0 Å². The number of carbonyl (C=O) groups is 3. The zero-order valence-corrected chi connectivity index (χ0v) is 38.4. The van der Waals surface area contributed by atoms with Crippen LogP contribution in [0.5, 0.6) is 0 Å². The number of rotatable bonds is 43. The molecule has 60 heavy (non-hydrogen) atoms. The van der Waals surface area contributed by atoms with Gasteiger partial charge in [-0.15, -0.1) is 0 Å². The van der Waals surface area contributed by atoms with E-state index in [-0.39, 0.29) is 19.4 Å². The number of unbranched alkanes of at least 4 members (excludes halogenated alkanes) is 19. The molecule has 0 aromatic rings. The van der Waals surface area contributed by atoms with E-state index in [1.54, 1.807) is 0 Å². The van der Waals surface area contributed by atoms with Gasteiger partial charge in [-0.3, -0.25) is 23.4 Å². The van der Waals surface area contributed by atoms with Crippen LogP contribution in [0.15, 0.2) is 60.8 Å². The van der Waals surface area contributed by atoms with Crippen LogP contribution >= 0.6 is 7.82 Å². The predicted molar refractivity (Wildman–Crippen MR) is 245 cm³/mol. The summed E-state index contributed by atoms with van der Waals surface area (Å²) >= 11 is 0. The molecule has 0 spiro atoms. The van der Waals surface area contributed by atoms with Gasteiger partial charge in [0.05, 0.1) is 13.2 Å². The lowest BCUT2D eigenvalue weighted by molar-refractivity contribution is -0.161. The molecule has 0 rings (SSSR count). The Morgan fingerprint density at radius 3 is 1.42 bits per heavy atom. The molecule has 0 aromatic heterocycles. The maximum atomic E-state index is 12.6. The van der Waals surface area contributed by atoms with E-state index < -0.39 is 51.1 Å². The van der Waals surface area contributed by atoms with Crippen molar-refractivity contribution in [3.63, 3.8) is 0 Å². The summed E-state index contributed by atoms with van der Waals surface area (Å²) in [6.07, 6.45) is 49.9. The van der Waals surface area contributed by atoms with Crippen LogP contribution in [-0.2, 0) is 37.5 Å². The third kappa shape index (κ3) is 41.9. The van der Waals surface area contributed by atoms with Crippen LogP contribution in [0.1, 0.15) is 194 Å². The quantitative estimate of drug-likeness (QED) is 0.0230. The molecule has 0 aromatic carbocycles. The molecule has 11 nitrogen and oxygen atoms in total. The fraction of sp³-hybridized carbons (Fsp3) is 0.729. The molecule has 0 fully saturated rings. The molecule has 0 aliphatic heterocycles. The average Bonchev–Trinajstić information content (AvgIpc) is 3.22. The predicted octanol–water partition coefficient (Wildman–Crippen LogP) is 12.7. The van der Waals surface area contributed by atoms with Gasteiger partial charge < -0.3 is 25.2 Å². The highest BCUT2D eigenvalue weighted by Crippen LogP contribution is 2.43. The summed E-state index contributed by atoms with van der Waals surface area (Å²) in [5.74, 6) is -2.42. The first-order chi connectivity index (χ1) is 29.1. The second kappa shape index (κ2) is 42.9. The molecule has 0 aliphatic rings. The molecule has 4 N–H and O–H groups in total. The molecule has 0 heterocycles. The number of ether oxygens (including phenoxy) is 2. The number of allylic oxidation sites excluding steroid dienone is 10. The minimum absolute atomic E-state index is 0.121. The maximum Gasteiger partial charge on any atom is 0.472 e. The number of carboxylic acid groups (broad SMARTS) is 1. The van der Waals surface area contributed by atoms with Crippen LogP contribution in [0.4, 0.5) is 0 Å². The first-order valence-electron chi connectivity index (χ1n) is 23.3. The highest BCUT2D eigenvalue weighted by Gasteiger charge is 2.28. The van der Waals surface area contributed by atoms with Gasteiger partial charge in [0.1, 0.15) is 12.6 Å². The lowest BCUT2D eigenvalue weighted by Crippen LogP contribution is -2.34. The van der Waals surface area contributed by atoms with E-state index in [1.165, 1.54) is 89.9 Å². The van der Waals surface area contributed by atoms with Crippen molar-refractivity contribution in [2.45, 2.75) is 206 Å². The molecule has 0 radical (unpaired) electrons. The smallest absolute Gasteiger partial charge is 0.472 e. The third-order valence-corrected chi connectivity index (χ3v) is 10.7. The molecule has 12 heteroatoms. The summed E-state index contributed by atoms with van der Waals surface area (Å²) in [6.45, 7) is 2.70. The second-order valence-corrected chi connectivity index (χ2v) is 17.0.